The zero-order valence-corrected chi connectivity index (χ0v) is 30.8. The first-order valence-corrected chi connectivity index (χ1v) is 19.0. The van der Waals surface area contributed by atoms with Gasteiger partial charge in [0.2, 0.25) is 5.91 Å². The maximum atomic E-state index is 14.2. The van der Waals surface area contributed by atoms with Crippen LogP contribution >= 0.6 is 11.3 Å². The quantitative estimate of drug-likeness (QED) is 0.202. The molecule has 2 saturated heterocycles. The molecular weight excluding hydrogens is 687 g/mol. The summed E-state index contributed by atoms with van der Waals surface area (Å²) in [7, 11) is 1.62. The van der Waals surface area contributed by atoms with Crippen LogP contribution in [0, 0.1) is 12.8 Å². The number of likely N-dealkylation sites (tertiary alicyclic amines) is 2. The van der Waals surface area contributed by atoms with Gasteiger partial charge < -0.3 is 19.3 Å². The Morgan fingerprint density at radius 3 is 2.49 bits per heavy atom. The van der Waals surface area contributed by atoms with Crippen LogP contribution in [0.2, 0.25) is 0 Å². The van der Waals surface area contributed by atoms with E-state index in [9.17, 15) is 14.7 Å². The molecule has 4 aromatic heterocycles. The number of pyridine rings is 1. The predicted molar refractivity (Wildman–Crippen MR) is 205 cm³/mol. The lowest BCUT2D eigenvalue weighted by molar-refractivity contribution is -0.142. The van der Waals surface area contributed by atoms with Crippen molar-refractivity contribution in [3.05, 3.63) is 124 Å². The number of hydrogen-bond donors (Lipinski definition) is 1. The van der Waals surface area contributed by atoms with Crippen molar-refractivity contribution >= 4 is 28.3 Å². The lowest BCUT2D eigenvalue weighted by Gasteiger charge is -2.43. The number of piperidine rings is 2. The van der Waals surface area contributed by atoms with E-state index < -0.39 is 5.60 Å². The molecule has 0 aliphatic carbocycles. The third-order valence-electron chi connectivity index (χ3n) is 10.8. The number of rotatable bonds is 9. The van der Waals surface area contributed by atoms with E-state index in [0.29, 0.717) is 37.0 Å². The number of methoxy groups -OCH3 is 1. The number of carbonyl (C=O) groups is 1. The monoisotopic (exact) mass is 729 g/mol. The van der Waals surface area contributed by atoms with Crippen molar-refractivity contribution in [1.29, 1.82) is 0 Å². The Hall–Kier alpha value is -5.17. The fraction of sp³-hybridized carbons (Fsp3) is 0.341. The SMILES string of the molecule is COc1ccc(-n2ccc3c(=O)n(CC4(O)CCN(C(=O)C5CCN(Cc6cnc(-c7ccc(C)nc7)s6)CC5c5ccccc5)CC4)cnc32)cc1. The van der Waals surface area contributed by atoms with Crippen LogP contribution in [0.25, 0.3) is 27.3 Å². The predicted octanol–water partition coefficient (Wildman–Crippen LogP) is 5.68. The summed E-state index contributed by atoms with van der Waals surface area (Å²) in [6.45, 7) is 5.35. The molecule has 2 fully saturated rings. The zero-order chi connectivity index (χ0) is 36.5. The molecule has 0 radical (unpaired) electrons. The molecule has 0 spiro atoms. The molecule has 6 heterocycles. The van der Waals surface area contributed by atoms with E-state index in [1.807, 2.05) is 83.5 Å². The summed E-state index contributed by atoms with van der Waals surface area (Å²) >= 11 is 1.69. The fourth-order valence-electron chi connectivity index (χ4n) is 7.80. The first kappa shape index (κ1) is 34.9. The number of aromatic nitrogens is 5. The van der Waals surface area contributed by atoms with Gasteiger partial charge in [0.25, 0.3) is 5.56 Å². The lowest BCUT2D eigenvalue weighted by Crippen LogP contribution is -2.53. The second kappa shape index (κ2) is 14.7. The topological polar surface area (TPSA) is 119 Å². The molecule has 53 heavy (non-hydrogen) atoms. The van der Waals surface area contributed by atoms with E-state index in [2.05, 4.69) is 38.1 Å². The van der Waals surface area contributed by atoms with Crippen LogP contribution in [0.5, 0.6) is 5.75 Å². The molecule has 11 nitrogen and oxygen atoms in total. The van der Waals surface area contributed by atoms with E-state index >= 15 is 0 Å². The Kier molecular flexibility index (Phi) is 9.67. The summed E-state index contributed by atoms with van der Waals surface area (Å²) < 4.78 is 8.64. The highest BCUT2D eigenvalue weighted by atomic mass is 32.1. The molecule has 2 aliphatic rings. The molecule has 1 N–H and O–H groups in total. The van der Waals surface area contributed by atoms with Crippen LogP contribution in [0.4, 0.5) is 0 Å². The molecule has 8 rings (SSSR count). The van der Waals surface area contributed by atoms with Crippen molar-refractivity contribution in [2.24, 2.45) is 5.92 Å². The van der Waals surface area contributed by atoms with Crippen LogP contribution in [0.15, 0.2) is 103 Å². The number of ether oxygens (including phenoxy) is 1. The number of benzene rings is 2. The van der Waals surface area contributed by atoms with Gasteiger partial charge in [0.05, 0.1) is 24.6 Å². The average molecular weight is 730 g/mol. The van der Waals surface area contributed by atoms with E-state index in [1.165, 1.54) is 21.3 Å². The van der Waals surface area contributed by atoms with Gasteiger partial charge in [0, 0.05) is 78.4 Å². The number of aliphatic hydroxyl groups is 1. The van der Waals surface area contributed by atoms with E-state index in [-0.39, 0.29) is 29.8 Å². The lowest BCUT2D eigenvalue weighted by atomic mass is 9.79. The van der Waals surface area contributed by atoms with Crippen LogP contribution in [-0.4, -0.2) is 83.8 Å². The molecule has 2 atom stereocenters. The summed E-state index contributed by atoms with van der Waals surface area (Å²) in [5, 5.41) is 13.1. The Morgan fingerprint density at radius 2 is 1.75 bits per heavy atom. The molecule has 272 valence electrons. The maximum Gasteiger partial charge on any atom is 0.262 e. The summed E-state index contributed by atoms with van der Waals surface area (Å²) in [5.74, 6) is 0.790. The second-order valence-electron chi connectivity index (χ2n) is 14.3. The summed E-state index contributed by atoms with van der Waals surface area (Å²) in [6, 6.07) is 23.8. The summed E-state index contributed by atoms with van der Waals surface area (Å²) in [5.41, 5.74) is 3.27. The number of aryl methyl sites for hydroxylation is 1. The Morgan fingerprint density at radius 1 is 0.962 bits per heavy atom. The molecule has 12 heteroatoms. The Balaban J connectivity index is 0.923. The first-order chi connectivity index (χ1) is 25.8. The molecule has 0 bridgehead atoms. The first-order valence-electron chi connectivity index (χ1n) is 18.1. The van der Waals surface area contributed by atoms with Crippen molar-refractivity contribution in [1.82, 2.24) is 33.9 Å². The number of carbonyl (C=O) groups excluding carboxylic acids is 1. The van der Waals surface area contributed by atoms with Crippen LogP contribution in [0.1, 0.15) is 41.3 Å². The zero-order valence-electron chi connectivity index (χ0n) is 30.0. The normalized spacial score (nSPS) is 19.0. The van der Waals surface area contributed by atoms with E-state index in [1.54, 1.807) is 24.5 Å². The Labute approximate surface area is 312 Å². The van der Waals surface area contributed by atoms with Crippen molar-refractivity contribution in [2.75, 3.05) is 33.3 Å². The van der Waals surface area contributed by atoms with Gasteiger partial charge in [-0.3, -0.25) is 24.0 Å². The highest BCUT2D eigenvalue weighted by Gasteiger charge is 2.41. The molecule has 2 aromatic carbocycles. The molecule has 2 aliphatic heterocycles. The minimum atomic E-state index is -1.13. The molecule has 6 aromatic rings. The van der Waals surface area contributed by atoms with Crippen molar-refractivity contribution in [2.45, 2.75) is 50.8 Å². The number of nitrogens with zero attached hydrogens (tertiary/aromatic N) is 7. The minimum Gasteiger partial charge on any atom is -0.497 e. The van der Waals surface area contributed by atoms with Gasteiger partial charge in [-0.2, -0.15) is 0 Å². The van der Waals surface area contributed by atoms with Crippen molar-refractivity contribution in [3.63, 3.8) is 0 Å². The molecular formula is C41H43N7O4S. The summed E-state index contributed by atoms with van der Waals surface area (Å²) in [4.78, 5) is 47.1. The summed E-state index contributed by atoms with van der Waals surface area (Å²) in [6.07, 6.45) is 8.71. The standard InChI is InChI=1S/C41H43N7O4S/c1-28-8-9-30(22-42-28)38-43-23-33(53-38)24-45-18-14-34(36(25-45)29-6-4-3-5-7-29)39(49)46-20-16-41(51,17-21-46)26-47-27-44-37-35(40(47)50)15-19-48(37)31-10-12-32(52-2)13-11-31/h3-13,15,19,22-23,27,34,36,51H,14,16-18,20-21,24-26H2,1-2H3. The molecule has 2 unspecified atom stereocenters. The third-order valence-corrected chi connectivity index (χ3v) is 11.9. The van der Waals surface area contributed by atoms with Gasteiger partial charge in [-0.15, -0.1) is 11.3 Å². The number of fused-ring (bicyclic) bond motifs is 1. The van der Waals surface area contributed by atoms with Crippen LogP contribution < -0.4 is 10.3 Å². The third kappa shape index (κ3) is 7.26. The van der Waals surface area contributed by atoms with Gasteiger partial charge in [-0.1, -0.05) is 30.3 Å². The van der Waals surface area contributed by atoms with E-state index in [4.69, 9.17) is 4.74 Å². The van der Waals surface area contributed by atoms with Crippen LogP contribution in [-0.2, 0) is 17.9 Å². The van der Waals surface area contributed by atoms with Gasteiger partial charge >= 0.3 is 0 Å². The van der Waals surface area contributed by atoms with Gasteiger partial charge in [-0.05, 0) is 80.8 Å². The number of hydrogen-bond acceptors (Lipinski definition) is 9. The smallest absolute Gasteiger partial charge is 0.262 e. The Bertz CT molecular complexity index is 2260. The average Bonchev–Trinajstić information content (AvgIpc) is 3.85. The second-order valence-corrected chi connectivity index (χ2v) is 15.4. The van der Waals surface area contributed by atoms with Crippen molar-refractivity contribution < 1.29 is 14.6 Å². The highest BCUT2D eigenvalue weighted by molar-refractivity contribution is 7.15. The van der Waals surface area contributed by atoms with Crippen LogP contribution in [0.3, 0.4) is 0 Å². The molecule has 0 saturated carbocycles. The number of amides is 1. The maximum absolute atomic E-state index is 14.2. The molecule has 1 amide bonds. The van der Waals surface area contributed by atoms with Gasteiger partial charge in [0.1, 0.15) is 17.1 Å². The highest BCUT2D eigenvalue weighted by Crippen LogP contribution is 2.37. The largest absolute Gasteiger partial charge is 0.497 e. The number of thiazole rings is 1. The van der Waals surface area contributed by atoms with Gasteiger partial charge in [0.15, 0.2) is 5.65 Å². The minimum absolute atomic E-state index is 0.0496. The fourth-order valence-corrected chi connectivity index (χ4v) is 8.74. The van der Waals surface area contributed by atoms with Gasteiger partial charge in [-0.25, -0.2) is 9.97 Å². The van der Waals surface area contributed by atoms with Crippen molar-refractivity contribution in [3.8, 4) is 22.0 Å². The van der Waals surface area contributed by atoms with E-state index in [0.717, 1.165) is 53.8 Å².